The van der Waals surface area contributed by atoms with Gasteiger partial charge in [-0.15, -0.1) is 0 Å². The number of benzene rings is 2. The molecule has 2 fully saturated rings. The number of rotatable bonds is 3. The molecule has 26 heavy (non-hydrogen) atoms. The Morgan fingerprint density at radius 2 is 1.62 bits per heavy atom. The van der Waals surface area contributed by atoms with Gasteiger partial charge in [-0.25, -0.2) is 17.6 Å². The van der Waals surface area contributed by atoms with Gasteiger partial charge in [0.2, 0.25) is 0 Å². The molecule has 2 saturated heterocycles. The summed E-state index contributed by atoms with van der Waals surface area (Å²) in [7, 11) is -3.25. The second-order valence-corrected chi connectivity index (χ2v) is 8.85. The van der Waals surface area contributed by atoms with Gasteiger partial charge in [-0.05, 0) is 42.3 Å². The summed E-state index contributed by atoms with van der Waals surface area (Å²) in [6.45, 7) is 2.00. The third-order valence-electron chi connectivity index (χ3n) is 5.11. The number of carbonyl (C=O) groups excluding carboxylic acids is 1. The SMILES string of the molecule is CCc1ccccc1N1C(=O)N(c2ccc(F)cc2)[C@H]2CS(=O)(=O)C[C@@H]21. The molecule has 136 valence electrons. The fraction of sp³-hybridized carbons (Fsp3) is 0.316. The van der Waals surface area contributed by atoms with Gasteiger partial charge in [0.05, 0.1) is 23.6 Å². The van der Waals surface area contributed by atoms with Gasteiger partial charge in [0.25, 0.3) is 0 Å². The van der Waals surface area contributed by atoms with E-state index in [1.807, 2.05) is 31.2 Å². The Bertz CT molecular complexity index is 959. The minimum absolute atomic E-state index is 0.0564. The van der Waals surface area contributed by atoms with Crippen LogP contribution in [0, 0.1) is 5.82 Å². The van der Waals surface area contributed by atoms with Gasteiger partial charge >= 0.3 is 6.03 Å². The minimum Gasteiger partial charge on any atom is -0.288 e. The summed E-state index contributed by atoms with van der Waals surface area (Å²) in [5, 5.41) is 0. The predicted molar refractivity (Wildman–Crippen MR) is 98.8 cm³/mol. The zero-order chi connectivity index (χ0) is 18.5. The Morgan fingerprint density at radius 3 is 2.27 bits per heavy atom. The maximum Gasteiger partial charge on any atom is 0.329 e. The van der Waals surface area contributed by atoms with Crippen molar-refractivity contribution in [1.29, 1.82) is 0 Å². The van der Waals surface area contributed by atoms with Gasteiger partial charge < -0.3 is 0 Å². The molecule has 0 N–H and O–H groups in total. The van der Waals surface area contributed by atoms with E-state index in [4.69, 9.17) is 0 Å². The van der Waals surface area contributed by atoms with Crippen LogP contribution in [0.1, 0.15) is 12.5 Å². The molecular formula is C19H19FN2O3S. The van der Waals surface area contributed by atoms with Crippen LogP contribution in [0.25, 0.3) is 0 Å². The van der Waals surface area contributed by atoms with Crippen molar-refractivity contribution in [2.24, 2.45) is 0 Å². The summed E-state index contributed by atoms with van der Waals surface area (Å²) in [5.41, 5.74) is 2.25. The summed E-state index contributed by atoms with van der Waals surface area (Å²) in [6.07, 6.45) is 0.737. The third kappa shape index (κ3) is 2.67. The Hall–Kier alpha value is -2.41. The molecule has 0 bridgehead atoms. The number of hydrogen-bond acceptors (Lipinski definition) is 3. The van der Waals surface area contributed by atoms with Gasteiger partial charge in [-0.1, -0.05) is 25.1 Å². The predicted octanol–water partition coefficient (Wildman–Crippen LogP) is 3.00. The number of nitrogens with zero attached hydrogens (tertiary/aromatic N) is 2. The number of fused-ring (bicyclic) bond motifs is 1. The second-order valence-electron chi connectivity index (χ2n) is 6.69. The van der Waals surface area contributed by atoms with E-state index in [0.29, 0.717) is 5.69 Å². The zero-order valence-electron chi connectivity index (χ0n) is 14.3. The minimum atomic E-state index is -3.25. The average Bonchev–Trinajstić information content (AvgIpc) is 3.04. The summed E-state index contributed by atoms with van der Waals surface area (Å²) in [4.78, 5) is 16.4. The first kappa shape index (κ1) is 17.0. The fourth-order valence-corrected chi connectivity index (χ4v) is 5.85. The molecule has 0 aromatic heterocycles. The van der Waals surface area contributed by atoms with E-state index in [9.17, 15) is 17.6 Å². The van der Waals surface area contributed by atoms with E-state index < -0.39 is 27.7 Å². The Kier molecular flexibility index (Phi) is 3.99. The first-order chi connectivity index (χ1) is 12.4. The zero-order valence-corrected chi connectivity index (χ0v) is 15.1. The number of anilines is 2. The number of aryl methyl sites for hydroxylation is 1. The number of carbonyl (C=O) groups is 1. The van der Waals surface area contributed by atoms with Gasteiger partial charge in [0.1, 0.15) is 5.82 Å². The number of amides is 2. The molecule has 2 atom stereocenters. The van der Waals surface area contributed by atoms with Crippen LogP contribution in [0.2, 0.25) is 0 Å². The van der Waals surface area contributed by atoms with Crippen molar-refractivity contribution in [1.82, 2.24) is 0 Å². The molecule has 5 nitrogen and oxygen atoms in total. The van der Waals surface area contributed by atoms with Gasteiger partial charge in [0.15, 0.2) is 9.84 Å². The van der Waals surface area contributed by atoms with Crippen LogP contribution < -0.4 is 9.80 Å². The molecule has 2 heterocycles. The van der Waals surface area contributed by atoms with Crippen LogP contribution in [-0.4, -0.2) is 38.0 Å². The second kappa shape index (κ2) is 6.09. The van der Waals surface area contributed by atoms with E-state index in [-0.39, 0.29) is 17.5 Å². The average molecular weight is 374 g/mol. The highest BCUT2D eigenvalue weighted by Crippen LogP contribution is 2.39. The highest BCUT2D eigenvalue weighted by Gasteiger charge is 2.54. The number of halogens is 1. The lowest BCUT2D eigenvalue weighted by atomic mass is 10.1. The topological polar surface area (TPSA) is 57.7 Å². The van der Waals surface area contributed by atoms with Crippen LogP contribution in [0.15, 0.2) is 48.5 Å². The van der Waals surface area contributed by atoms with Crippen LogP contribution >= 0.6 is 0 Å². The molecule has 7 heteroatoms. The summed E-state index contributed by atoms with van der Waals surface area (Å²) < 4.78 is 37.9. The molecule has 0 saturated carbocycles. The summed E-state index contributed by atoms with van der Waals surface area (Å²) >= 11 is 0. The molecule has 2 aromatic carbocycles. The van der Waals surface area contributed by atoms with Crippen molar-refractivity contribution in [2.45, 2.75) is 25.4 Å². The highest BCUT2D eigenvalue weighted by atomic mass is 32.2. The molecule has 0 unspecified atom stereocenters. The van der Waals surface area contributed by atoms with E-state index >= 15 is 0 Å². The monoisotopic (exact) mass is 374 g/mol. The molecule has 2 aliphatic rings. The lowest BCUT2D eigenvalue weighted by molar-refractivity contribution is 0.255. The Labute approximate surface area is 152 Å². The molecule has 0 spiro atoms. The van der Waals surface area contributed by atoms with Crippen molar-refractivity contribution in [3.8, 4) is 0 Å². The quantitative estimate of drug-likeness (QED) is 0.776. The van der Waals surface area contributed by atoms with Crippen LogP contribution in [0.4, 0.5) is 20.6 Å². The first-order valence-corrected chi connectivity index (χ1v) is 10.4. The standard InChI is InChI=1S/C19H19FN2O3S/c1-2-13-5-3-4-6-16(13)22-18-12-26(24,25)11-17(18)21(19(22)23)15-9-7-14(20)8-10-15/h3-10,17-18H,2,11-12H2,1H3/t17-,18-/m0/s1. The van der Waals surface area contributed by atoms with E-state index in [0.717, 1.165) is 17.7 Å². The number of urea groups is 1. The largest absolute Gasteiger partial charge is 0.329 e. The number of sulfone groups is 1. The third-order valence-corrected chi connectivity index (χ3v) is 6.80. The highest BCUT2D eigenvalue weighted by molar-refractivity contribution is 7.91. The lowest BCUT2D eigenvalue weighted by Crippen LogP contribution is -2.38. The number of para-hydroxylation sites is 1. The first-order valence-electron chi connectivity index (χ1n) is 8.57. The molecule has 2 amide bonds. The molecule has 0 radical (unpaired) electrons. The van der Waals surface area contributed by atoms with E-state index in [1.54, 1.807) is 4.90 Å². The van der Waals surface area contributed by atoms with Crippen LogP contribution in [-0.2, 0) is 16.3 Å². The van der Waals surface area contributed by atoms with Gasteiger partial charge in [0, 0.05) is 11.4 Å². The van der Waals surface area contributed by atoms with Gasteiger partial charge in [-0.2, -0.15) is 0 Å². The molecule has 4 rings (SSSR count). The van der Waals surface area contributed by atoms with Crippen LogP contribution in [0.3, 0.4) is 0 Å². The van der Waals surface area contributed by atoms with Crippen LogP contribution in [0.5, 0.6) is 0 Å². The Balaban J connectivity index is 1.83. The van der Waals surface area contributed by atoms with Crippen molar-refractivity contribution in [3.05, 3.63) is 59.9 Å². The van der Waals surface area contributed by atoms with Crippen molar-refractivity contribution in [2.75, 3.05) is 21.3 Å². The number of hydrogen-bond donors (Lipinski definition) is 0. The van der Waals surface area contributed by atoms with Crippen molar-refractivity contribution in [3.63, 3.8) is 0 Å². The fourth-order valence-electron chi connectivity index (χ4n) is 3.93. The lowest BCUT2D eigenvalue weighted by Gasteiger charge is -2.24. The molecule has 2 aliphatic heterocycles. The van der Waals surface area contributed by atoms with Crippen molar-refractivity contribution >= 4 is 27.2 Å². The Morgan fingerprint density at radius 1 is 1.00 bits per heavy atom. The van der Waals surface area contributed by atoms with E-state index in [1.165, 1.54) is 29.2 Å². The van der Waals surface area contributed by atoms with Gasteiger partial charge in [-0.3, -0.25) is 9.80 Å². The maximum absolute atomic E-state index is 13.3. The summed E-state index contributed by atoms with van der Waals surface area (Å²) in [5.74, 6) is -0.533. The maximum atomic E-state index is 13.3. The molecule has 2 aromatic rings. The van der Waals surface area contributed by atoms with E-state index in [2.05, 4.69) is 0 Å². The van der Waals surface area contributed by atoms with Crippen molar-refractivity contribution < 1.29 is 17.6 Å². The summed E-state index contributed by atoms with van der Waals surface area (Å²) in [6, 6.07) is 12.0. The molecular weight excluding hydrogens is 355 g/mol. The molecule has 0 aliphatic carbocycles. The smallest absolute Gasteiger partial charge is 0.288 e. The normalized spacial score (nSPS) is 24.2.